The van der Waals surface area contributed by atoms with Gasteiger partial charge in [-0.1, -0.05) is 12.2 Å². The normalized spacial score (nSPS) is 18.4. The van der Waals surface area contributed by atoms with E-state index in [-0.39, 0.29) is 0 Å². The molecule has 0 aromatic rings. The Balaban J connectivity index is 2.22. The zero-order chi connectivity index (χ0) is 5.82. The van der Waals surface area contributed by atoms with E-state index in [2.05, 4.69) is 17.5 Å². The van der Waals surface area contributed by atoms with Crippen LogP contribution >= 0.6 is 0 Å². The summed E-state index contributed by atoms with van der Waals surface area (Å²) < 4.78 is 0. The van der Waals surface area contributed by atoms with E-state index < -0.39 is 0 Å². The van der Waals surface area contributed by atoms with E-state index in [9.17, 15) is 0 Å². The minimum atomic E-state index is 0.389. The van der Waals surface area contributed by atoms with Crippen molar-refractivity contribution < 1.29 is 0 Å². The van der Waals surface area contributed by atoms with Crippen molar-refractivity contribution >= 4 is 0 Å². The minimum absolute atomic E-state index is 0.389. The second kappa shape index (κ2) is 2.37. The lowest BCUT2D eigenvalue weighted by Gasteiger charge is -2.02. The van der Waals surface area contributed by atoms with Crippen molar-refractivity contribution in [1.82, 2.24) is 5.32 Å². The fourth-order valence-electron chi connectivity index (χ4n) is 0.826. The van der Waals surface area contributed by atoms with E-state index >= 15 is 0 Å². The Hall–Kier alpha value is -0.970. The molecule has 0 aromatic heterocycles. The monoisotopic (exact) mass is 108 g/mol. The number of nitrogens with one attached hydrogen (secondary N) is 1. The summed E-state index contributed by atoms with van der Waals surface area (Å²) in [5.41, 5.74) is 0. The number of hydrogen-bond donors (Lipinski definition) is 1. The first-order chi connectivity index (χ1) is 3.93. The van der Waals surface area contributed by atoms with Crippen LogP contribution in [-0.4, -0.2) is 6.04 Å². The zero-order valence-electron chi connectivity index (χ0n) is 4.59. The van der Waals surface area contributed by atoms with Crippen LogP contribution in [0.1, 0.15) is 12.8 Å². The standard InChI is InChI=1S/C6H8N2/c7-5-8-6-3-1-2-4-6/h1-2,6,8H,3-4H2. The molecule has 8 heavy (non-hydrogen) atoms. The molecule has 0 saturated carbocycles. The van der Waals surface area contributed by atoms with Crippen LogP contribution in [0, 0.1) is 11.5 Å². The highest BCUT2D eigenvalue weighted by molar-refractivity contribution is 4.99. The highest BCUT2D eigenvalue weighted by Crippen LogP contribution is 2.07. The first-order valence-electron chi connectivity index (χ1n) is 2.73. The smallest absolute Gasteiger partial charge is 0.176 e. The predicted molar refractivity (Wildman–Crippen MR) is 30.9 cm³/mol. The zero-order valence-corrected chi connectivity index (χ0v) is 4.59. The van der Waals surface area contributed by atoms with Crippen molar-refractivity contribution in [3.05, 3.63) is 12.2 Å². The topological polar surface area (TPSA) is 35.8 Å². The molecule has 2 nitrogen and oxygen atoms in total. The van der Waals surface area contributed by atoms with Crippen LogP contribution in [0.15, 0.2) is 12.2 Å². The molecule has 0 aliphatic heterocycles. The van der Waals surface area contributed by atoms with Gasteiger partial charge in [0, 0.05) is 6.04 Å². The molecule has 0 unspecified atom stereocenters. The molecule has 0 fully saturated rings. The predicted octanol–water partition coefficient (Wildman–Crippen LogP) is 0.776. The van der Waals surface area contributed by atoms with Gasteiger partial charge in [-0.25, -0.2) is 0 Å². The number of nitrogens with zero attached hydrogens (tertiary/aromatic N) is 1. The number of nitriles is 1. The Morgan fingerprint density at radius 1 is 1.50 bits per heavy atom. The van der Waals surface area contributed by atoms with Crippen molar-refractivity contribution in [2.24, 2.45) is 0 Å². The molecule has 1 N–H and O–H groups in total. The van der Waals surface area contributed by atoms with Crippen LogP contribution in [-0.2, 0) is 0 Å². The maximum atomic E-state index is 8.14. The average molecular weight is 108 g/mol. The average Bonchev–Trinajstić information content (AvgIpc) is 2.19. The van der Waals surface area contributed by atoms with Gasteiger partial charge in [-0.05, 0) is 12.8 Å². The third-order valence-electron chi connectivity index (χ3n) is 1.28. The number of hydrogen-bond acceptors (Lipinski definition) is 2. The molecule has 0 saturated heterocycles. The molecule has 1 aliphatic carbocycles. The summed E-state index contributed by atoms with van der Waals surface area (Å²) >= 11 is 0. The lowest BCUT2D eigenvalue weighted by Crippen LogP contribution is -2.20. The fourth-order valence-corrected chi connectivity index (χ4v) is 0.826. The summed E-state index contributed by atoms with van der Waals surface area (Å²) in [7, 11) is 0. The van der Waals surface area contributed by atoms with Gasteiger partial charge in [0.25, 0.3) is 0 Å². The molecule has 0 atom stereocenters. The molecule has 0 spiro atoms. The minimum Gasteiger partial charge on any atom is -0.320 e. The molecule has 1 rings (SSSR count). The van der Waals surface area contributed by atoms with E-state index in [0.29, 0.717) is 6.04 Å². The van der Waals surface area contributed by atoms with Crippen LogP contribution in [0.4, 0.5) is 0 Å². The molecule has 42 valence electrons. The summed E-state index contributed by atoms with van der Waals surface area (Å²) in [6.07, 6.45) is 8.12. The van der Waals surface area contributed by atoms with Crippen molar-refractivity contribution in [2.75, 3.05) is 0 Å². The van der Waals surface area contributed by atoms with Crippen molar-refractivity contribution in [3.63, 3.8) is 0 Å². The van der Waals surface area contributed by atoms with Crippen LogP contribution in [0.2, 0.25) is 0 Å². The highest BCUT2D eigenvalue weighted by atomic mass is 14.9. The van der Waals surface area contributed by atoms with Crippen molar-refractivity contribution in [2.45, 2.75) is 18.9 Å². The lowest BCUT2D eigenvalue weighted by atomic mass is 10.2. The van der Waals surface area contributed by atoms with Crippen molar-refractivity contribution in [3.8, 4) is 6.19 Å². The second-order valence-electron chi connectivity index (χ2n) is 1.90. The largest absolute Gasteiger partial charge is 0.320 e. The van der Waals surface area contributed by atoms with Gasteiger partial charge >= 0.3 is 0 Å². The molecule has 2 heteroatoms. The van der Waals surface area contributed by atoms with Gasteiger partial charge in [-0.3, -0.25) is 0 Å². The van der Waals surface area contributed by atoms with Crippen molar-refractivity contribution in [1.29, 1.82) is 5.26 Å². The molecule has 0 amide bonds. The van der Waals surface area contributed by atoms with E-state index in [1.54, 1.807) is 0 Å². The van der Waals surface area contributed by atoms with E-state index in [4.69, 9.17) is 5.26 Å². The van der Waals surface area contributed by atoms with Gasteiger partial charge in [-0.15, -0.1) is 0 Å². The maximum Gasteiger partial charge on any atom is 0.176 e. The molecule has 0 aromatic carbocycles. The van der Waals surface area contributed by atoms with E-state index in [0.717, 1.165) is 12.8 Å². The first-order valence-corrected chi connectivity index (χ1v) is 2.73. The van der Waals surface area contributed by atoms with Gasteiger partial charge in [0.1, 0.15) is 0 Å². The first kappa shape index (κ1) is 5.17. The molecular formula is C6H8N2. The van der Waals surface area contributed by atoms with E-state index in [1.807, 2.05) is 6.19 Å². The Morgan fingerprint density at radius 2 is 2.12 bits per heavy atom. The molecule has 0 radical (unpaired) electrons. The van der Waals surface area contributed by atoms with Crippen LogP contribution < -0.4 is 5.32 Å². The van der Waals surface area contributed by atoms with Crippen LogP contribution in [0.25, 0.3) is 0 Å². The number of rotatable bonds is 1. The quantitative estimate of drug-likeness (QED) is 0.306. The van der Waals surface area contributed by atoms with Crippen LogP contribution in [0.5, 0.6) is 0 Å². The fraction of sp³-hybridized carbons (Fsp3) is 0.500. The van der Waals surface area contributed by atoms with Gasteiger partial charge in [-0.2, -0.15) is 5.26 Å². The summed E-state index contributed by atoms with van der Waals surface area (Å²) in [4.78, 5) is 0. The maximum absolute atomic E-state index is 8.14. The molecule has 1 aliphatic rings. The van der Waals surface area contributed by atoms with Gasteiger partial charge in [0.15, 0.2) is 6.19 Å². The summed E-state index contributed by atoms with van der Waals surface area (Å²) in [6, 6.07) is 0.389. The highest BCUT2D eigenvalue weighted by Gasteiger charge is 2.06. The molecule has 0 heterocycles. The van der Waals surface area contributed by atoms with Gasteiger partial charge in [0.2, 0.25) is 0 Å². The molecule has 0 bridgehead atoms. The Bertz CT molecular complexity index is 124. The third-order valence-corrected chi connectivity index (χ3v) is 1.28. The summed E-state index contributed by atoms with van der Waals surface area (Å²) in [6.45, 7) is 0. The lowest BCUT2D eigenvalue weighted by molar-refractivity contribution is 0.637. The Morgan fingerprint density at radius 3 is 2.62 bits per heavy atom. The summed E-state index contributed by atoms with van der Waals surface area (Å²) in [5.74, 6) is 0. The SMILES string of the molecule is N#CNC1CC=CC1. The Labute approximate surface area is 48.8 Å². The Kier molecular flexibility index (Phi) is 1.53. The molecular weight excluding hydrogens is 100 g/mol. The van der Waals surface area contributed by atoms with Crippen LogP contribution in [0.3, 0.4) is 0 Å². The second-order valence-corrected chi connectivity index (χ2v) is 1.90. The van der Waals surface area contributed by atoms with Gasteiger partial charge < -0.3 is 5.32 Å². The third kappa shape index (κ3) is 1.00. The summed E-state index contributed by atoms with van der Waals surface area (Å²) in [5, 5.41) is 10.8. The van der Waals surface area contributed by atoms with Gasteiger partial charge in [0.05, 0.1) is 0 Å². The van der Waals surface area contributed by atoms with E-state index in [1.165, 1.54) is 0 Å².